The van der Waals surface area contributed by atoms with Gasteiger partial charge in [0.05, 0.1) is 11.0 Å². The van der Waals surface area contributed by atoms with Gasteiger partial charge in [-0.15, -0.1) is 12.4 Å². The van der Waals surface area contributed by atoms with Gasteiger partial charge in [-0.3, -0.25) is 9.54 Å². The van der Waals surface area contributed by atoms with Crippen LogP contribution in [0.25, 0.3) is 21.8 Å². The zero-order chi connectivity index (χ0) is 17.0. The van der Waals surface area contributed by atoms with Crippen molar-refractivity contribution in [3.63, 3.8) is 0 Å². The molecule has 0 spiro atoms. The van der Waals surface area contributed by atoms with Crippen molar-refractivity contribution in [3.05, 3.63) is 79.0 Å². The number of para-hydroxylation sites is 2. The van der Waals surface area contributed by atoms with Crippen LogP contribution in [0.5, 0.6) is 0 Å². The van der Waals surface area contributed by atoms with Gasteiger partial charge >= 0.3 is 10.1 Å². The van der Waals surface area contributed by atoms with Gasteiger partial charge in [0.25, 0.3) is 0 Å². The average molecular weight is 375 g/mol. The first-order valence-electron chi connectivity index (χ1n) is 7.17. The van der Waals surface area contributed by atoms with E-state index < -0.39 is 10.1 Å². The van der Waals surface area contributed by atoms with Crippen LogP contribution in [0.3, 0.4) is 0 Å². The Kier molecular flexibility index (Phi) is 6.03. The minimum absolute atomic E-state index is 0. The van der Waals surface area contributed by atoms with E-state index in [0.29, 0.717) is 5.52 Å². The van der Waals surface area contributed by atoms with Crippen molar-refractivity contribution in [2.75, 3.05) is 0 Å². The van der Waals surface area contributed by atoms with Crippen LogP contribution in [-0.2, 0) is 10.1 Å². The summed E-state index contributed by atoms with van der Waals surface area (Å²) in [5.41, 5.74) is 1.60. The second-order valence-corrected chi connectivity index (χ2v) is 6.38. The summed E-state index contributed by atoms with van der Waals surface area (Å²) >= 11 is 0. The Labute approximate surface area is 151 Å². The summed E-state index contributed by atoms with van der Waals surface area (Å²) in [4.78, 5) is 7.99. The fraction of sp³-hybridized carbons (Fsp3) is 0. The average Bonchev–Trinajstić information content (AvgIpc) is 2.61. The Morgan fingerprint density at radius 1 is 0.720 bits per heavy atom. The lowest BCUT2D eigenvalue weighted by Gasteiger charge is -1.98. The molecule has 0 saturated carbocycles. The maximum atomic E-state index is 10.8. The third-order valence-corrected chi connectivity index (χ3v) is 4.11. The van der Waals surface area contributed by atoms with Gasteiger partial charge in [0, 0.05) is 17.0 Å². The fourth-order valence-electron chi connectivity index (χ4n) is 2.21. The molecule has 0 radical (unpaired) electrons. The lowest BCUT2D eigenvalue weighted by Crippen LogP contribution is -2.00. The molecule has 0 fully saturated rings. The number of hydrogen-bond acceptors (Lipinski definition) is 4. The van der Waals surface area contributed by atoms with Crippen molar-refractivity contribution in [2.24, 2.45) is 0 Å². The summed E-state index contributed by atoms with van der Waals surface area (Å²) in [5.74, 6) is 0. The Hall–Kier alpha value is -2.54. The predicted octanol–water partition coefficient (Wildman–Crippen LogP) is 4.14. The summed E-state index contributed by atoms with van der Waals surface area (Å²) in [6.07, 6.45) is 1.81. The highest BCUT2D eigenvalue weighted by Gasteiger charge is 2.10. The number of aromatic nitrogens is 2. The first-order valence-corrected chi connectivity index (χ1v) is 8.61. The van der Waals surface area contributed by atoms with Crippen molar-refractivity contribution >= 4 is 44.3 Å². The molecule has 25 heavy (non-hydrogen) atoms. The Morgan fingerprint density at radius 3 is 1.92 bits per heavy atom. The molecule has 0 unspecified atom stereocenters. The monoisotopic (exact) mass is 374 g/mol. The van der Waals surface area contributed by atoms with Crippen molar-refractivity contribution in [1.82, 2.24) is 9.97 Å². The Bertz CT molecular complexity index is 1040. The van der Waals surface area contributed by atoms with Crippen LogP contribution in [0.1, 0.15) is 0 Å². The van der Waals surface area contributed by atoms with Gasteiger partial charge in [-0.1, -0.05) is 42.5 Å². The van der Waals surface area contributed by atoms with Crippen LogP contribution in [-0.4, -0.2) is 22.9 Å². The first-order chi connectivity index (χ1) is 11.5. The van der Waals surface area contributed by atoms with E-state index in [1.807, 2.05) is 42.6 Å². The summed E-state index contributed by atoms with van der Waals surface area (Å²) in [6.45, 7) is 0. The van der Waals surface area contributed by atoms with Crippen molar-refractivity contribution in [2.45, 2.75) is 5.03 Å². The van der Waals surface area contributed by atoms with Gasteiger partial charge in [-0.2, -0.15) is 8.42 Å². The minimum Gasteiger partial charge on any atom is -0.281 e. The smallest absolute Gasteiger partial charge is 0.281 e. The summed E-state index contributed by atoms with van der Waals surface area (Å²) in [7, 11) is -4.21. The van der Waals surface area contributed by atoms with Gasteiger partial charge in [0.1, 0.15) is 0 Å². The molecule has 2 heterocycles. The molecule has 1 N–H and O–H groups in total. The maximum absolute atomic E-state index is 10.8. The van der Waals surface area contributed by atoms with E-state index in [9.17, 15) is 8.42 Å². The van der Waals surface area contributed by atoms with Crippen molar-refractivity contribution in [1.29, 1.82) is 0 Å². The molecular formula is C18H15ClN2O3S. The molecule has 128 valence electrons. The van der Waals surface area contributed by atoms with Gasteiger partial charge in [0.15, 0.2) is 5.03 Å². The van der Waals surface area contributed by atoms with Crippen LogP contribution < -0.4 is 0 Å². The fourth-order valence-corrected chi connectivity index (χ4v) is 2.66. The van der Waals surface area contributed by atoms with Gasteiger partial charge in [-0.25, -0.2) is 4.98 Å². The number of fused-ring (bicyclic) bond motifs is 2. The molecule has 0 aliphatic carbocycles. The molecule has 0 aliphatic rings. The largest absolute Gasteiger partial charge is 0.312 e. The van der Waals surface area contributed by atoms with E-state index in [1.54, 1.807) is 18.2 Å². The highest BCUT2D eigenvalue weighted by molar-refractivity contribution is 7.85. The van der Waals surface area contributed by atoms with Gasteiger partial charge in [-0.05, 0) is 30.3 Å². The molecule has 0 atom stereocenters. The predicted molar refractivity (Wildman–Crippen MR) is 101 cm³/mol. The van der Waals surface area contributed by atoms with E-state index in [0.717, 1.165) is 10.9 Å². The Balaban J connectivity index is 0.000000182. The molecule has 7 heteroatoms. The standard InChI is InChI=1S/C9H7NO3S.C9H7N.ClH/c11-14(12,13)9-6-5-7-3-1-2-4-8(7)10-9;1-2-6-9-8(4-1)5-3-7-10-9;/h1-6H,(H,11,12,13);1-7H;1H. The molecule has 5 nitrogen and oxygen atoms in total. The number of rotatable bonds is 1. The van der Waals surface area contributed by atoms with Gasteiger partial charge < -0.3 is 0 Å². The summed E-state index contributed by atoms with van der Waals surface area (Å²) in [6, 6.07) is 22.0. The van der Waals surface area contributed by atoms with E-state index in [-0.39, 0.29) is 17.4 Å². The molecular weight excluding hydrogens is 360 g/mol. The number of benzene rings is 2. The SMILES string of the molecule is Cl.O=S(=O)(O)c1ccc2ccccc2n1.c1ccc2ncccc2c1. The van der Waals surface area contributed by atoms with E-state index in [1.165, 1.54) is 11.5 Å². The first kappa shape index (κ1) is 18.8. The lowest BCUT2D eigenvalue weighted by atomic mass is 10.2. The molecule has 0 saturated heterocycles. The molecule has 0 amide bonds. The summed E-state index contributed by atoms with van der Waals surface area (Å²) < 4.78 is 30.3. The molecule has 0 aliphatic heterocycles. The van der Waals surface area contributed by atoms with Crippen LogP contribution in [0.4, 0.5) is 0 Å². The number of hydrogen-bond donors (Lipinski definition) is 1. The minimum atomic E-state index is -4.21. The molecule has 2 aromatic heterocycles. The quantitative estimate of drug-likeness (QED) is 0.506. The zero-order valence-corrected chi connectivity index (χ0v) is 14.6. The second-order valence-electron chi connectivity index (χ2n) is 5.01. The molecule has 4 rings (SSSR count). The highest BCUT2D eigenvalue weighted by Crippen LogP contribution is 2.14. The Morgan fingerprint density at radius 2 is 1.28 bits per heavy atom. The van der Waals surface area contributed by atoms with E-state index >= 15 is 0 Å². The zero-order valence-electron chi connectivity index (χ0n) is 13.0. The normalized spacial score (nSPS) is 10.6. The van der Waals surface area contributed by atoms with Crippen molar-refractivity contribution < 1.29 is 13.0 Å². The van der Waals surface area contributed by atoms with Crippen LogP contribution >= 0.6 is 12.4 Å². The third kappa shape index (κ3) is 4.73. The lowest BCUT2D eigenvalue weighted by molar-refractivity contribution is 0.479. The van der Waals surface area contributed by atoms with E-state index in [4.69, 9.17) is 4.55 Å². The number of halogens is 1. The van der Waals surface area contributed by atoms with Gasteiger partial charge in [0.2, 0.25) is 0 Å². The van der Waals surface area contributed by atoms with E-state index in [2.05, 4.69) is 22.1 Å². The molecule has 0 bridgehead atoms. The second kappa shape index (κ2) is 8.02. The third-order valence-electron chi connectivity index (χ3n) is 3.35. The molecule has 2 aromatic carbocycles. The maximum Gasteiger partial charge on any atom is 0.312 e. The summed E-state index contributed by atoms with van der Waals surface area (Å²) in [5, 5.41) is 1.71. The van der Waals surface area contributed by atoms with Crippen LogP contribution in [0.2, 0.25) is 0 Å². The van der Waals surface area contributed by atoms with Crippen molar-refractivity contribution in [3.8, 4) is 0 Å². The number of nitrogens with zero attached hydrogens (tertiary/aromatic N) is 2. The van der Waals surface area contributed by atoms with Crippen LogP contribution in [0.15, 0.2) is 84.0 Å². The number of pyridine rings is 2. The topological polar surface area (TPSA) is 80.2 Å². The highest BCUT2D eigenvalue weighted by atomic mass is 35.5. The van der Waals surface area contributed by atoms with Crippen LogP contribution in [0, 0.1) is 0 Å². The molecule has 4 aromatic rings.